The van der Waals surface area contributed by atoms with Gasteiger partial charge in [0.25, 0.3) is 0 Å². The summed E-state index contributed by atoms with van der Waals surface area (Å²) in [5, 5.41) is 7.62. The first-order chi connectivity index (χ1) is 15.2. The van der Waals surface area contributed by atoms with E-state index in [4.69, 9.17) is 4.98 Å². The van der Waals surface area contributed by atoms with Crippen molar-refractivity contribution in [2.75, 3.05) is 28.6 Å². The largest absolute Gasteiger partial charge is 0.372 e. The number of rotatable bonds is 8. The van der Waals surface area contributed by atoms with Crippen molar-refractivity contribution < 1.29 is 4.39 Å². The van der Waals surface area contributed by atoms with Crippen molar-refractivity contribution in [1.29, 1.82) is 0 Å². The number of halogens is 1. The van der Waals surface area contributed by atoms with Gasteiger partial charge in [-0.15, -0.1) is 0 Å². The second kappa shape index (κ2) is 9.43. The summed E-state index contributed by atoms with van der Waals surface area (Å²) in [7, 11) is 0. The first-order valence-electron chi connectivity index (χ1n) is 10.5. The molecule has 5 nitrogen and oxygen atoms in total. The number of benzene rings is 3. The molecule has 4 rings (SSSR count). The molecule has 0 amide bonds. The average Bonchev–Trinajstić information content (AvgIpc) is 2.80. The fourth-order valence-corrected chi connectivity index (χ4v) is 3.53. The molecule has 0 fully saturated rings. The lowest BCUT2D eigenvalue weighted by Crippen LogP contribution is -2.21. The summed E-state index contributed by atoms with van der Waals surface area (Å²) in [5.41, 5.74) is 3.94. The van der Waals surface area contributed by atoms with E-state index in [-0.39, 0.29) is 5.82 Å². The van der Waals surface area contributed by atoms with Gasteiger partial charge >= 0.3 is 0 Å². The highest BCUT2D eigenvalue weighted by atomic mass is 19.1. The monoisotopic (exact) mass is 415 g/mol. The van der Waals surface area contributed by atoms with Crippen molar-refractivity contribution in [2.24, 2.45) is 0 Å². The number of hydrogen-bond donors (Lipinski definition) is 2. The molecule has 0 saturated heterocycles. The number of fused-ring (bicyclic) bond motifs is 1. The van der Waals surface area contributed by atoms with Crippen LogP contribution in [0.15, 0.2) is 72.8 Å². The zero-order valence-corrected chi connectivity index (χ0v) is 17.8. The molecule has 2 N–H and O–H groups in total. The highest BCUT2D eigenvalue weighted by Crippen LogP contribution is 2.25. The normalized spacial score (nSPS) is 10.8. The molecule has 0 aliphatic heterocycles. The molecule has 0 spiro atoms. The van der Waals surface area contributed by atoms with Gasteiger partial charge in [-0.1, -0.05) is 24.3 Å². The number of nitrogens with zero attached hydrogens (tertiary/aromatic N) is 3. The van der Waals surface area contributed by atoms with Crippen LogP contribution in [-0.2, 0) is 6.54 Å². The minimum Gasteiger partial charge on any atom is -0.372 e. The van der Waals surface area contributed by atoms with Crippen molar-refractivity contribution in [3.05, 3.63) is 84.2 Å². The first-order valence-corrected chi connectivity index (χ1v) is 10.5. The summed E-state index contributed by atoms with van der Waals surface area (Å²) < 4.78 is 13.2. The van der Waals surface area contributed by atoms with Crippen molar-refractivity contribution in [2.45, 2.75) is 20.4 Å². The Morgan fingerprint density at radius 3 is 2.26 bits per heavy atom. The summed E-state index contributed by atoms with van der Waals surface area (Å²) in [5.74, 6) is 1.02. The second-order valence-electron chi connectivity index (χ2n) is 7.24. The molecule has 0 aliphatic carbocycles. The molecular formula is C25H26FN5. The molecule has 0 radical (unpaired) electrons. The maximum Gasteiger partial charge on any atom is 0.229 e. The van der Waals surface area contributed by atoms with Crippen LogP contribution < -0.4 is 15.5 Å². The predicted molar refractivity (Wildman–Crippen MR) is 127 cm³/mol. The minimum atomic E-state index is -0.241. The number of aromatic nitrogens is 2. The Morgan fingerprint density at radius 2 is 1.55 bits per heavy atom. The van der Waals surface area contributed by atoms with E-state index in [0.717, 1.165) is 41.1 Å². The third-order valence-corrected chi connectivity index (χ3v) is 5.23. The van der Waals surface area contributed by atoms with E-state index in [1.807, 2.05) is 36.4 Å². The van der Waals surface area contributed by atoms with Crippen molar-refractivity contribution in [1.82, 2.24) is 9.97 Å². The summed E-state index contributed by atoms with van der Waals surface area (Å²) in [6.07, 6.45) is 0. The highest BCUT2D eigenvalue weighted by molar-refractivity contribution is 5.90. The van der Waals surface area contributed by atoms with E-state index in [9.17, 15) is 4.39 Å². The van der Waals surface area contributed by atoms with E-state index in [1.54, 1.807) is 12.1 Å². The molecule has 31 heavy (non-hydrogen) atoms. The Kier molecular flexibility index (Phi) is 6.26. The Hall–Kier alpha value is -3.67. The average molecular weight is 416 g/mol. The number of anilines is 4. The van der Waals surface area contributed by atoms with Crippen LogP contribution in [0, 0.1) is 5.82 Å². The molecule has 158 valence electrons. The number of hydrogen-bond acceptors (Lipinski definition) is 5. The van der Waals surface area contributed by atoms with Crippen molar-refractivity contribution in [3.63, 3.8) is 0 Å². The molecule has 4 aromatic rings. The fourth-order valence-electron chi connectivity index (χ4n) is 3.53. The van der Waals surface area contributed by atoms with Crippen LogP contribution in [0.25, 0.3) is 10.9 Å². The van der Waals surface area contributed by atoms with Gasteiger partial charge in [0.1, 0.15) is 11.6 Å². The van der Waals surface area contributed by atoms with Crippen LogP contribution in [0.1, 0.15) is 19.4 Å². The molecule has 6 heteroatoms. The minimum absolute atomic E-state index is 0.241. The molecule has 3 aromatic carbocycles. The van der Waals surface area contributed by atoms with Gasteiger partial charge in [-0.05, 0) is 67.9 Å². The lowest BCUT2D eigenvalue weighted by atomic mass is 10.2. The summed E-state index contributed by atoms with van der Waals surface area (Å²) >= 11 is 0. The van der Waals surface area contributed by atoms with E-state index in [2.05, 4.69) is 46.5 Å². The number of nitrogens with one attached hydrogen (secondary N) is 2. The maximum atomic E-state index is 13.2. The predicted octanol–water partition coefficient (Wildman–Crippen LogP) is 5.97. The summed E-state index contributed by atoms with van der Waals surface area (Å²) in [6.45, 7) is 6.79. The Labute approximate surface area is 182 Å². The molecule has 0 unspecified atom stereocenters. The Bertz CT molecular complexity index is 1140. The second-order valence-corrected chi connectivity index (χ2v) is 7.24. The van der Waals surface area contributed by atoms with Gasteiger partial charge in [0.05, 0.1) is 5.52 Å². The maximum absolute atomic E-state index is 13.2. The number of para-hydroxylation sites is 1. The molecule has 1 heterocycles. The smallest absolute Gasteiger partial charge is 0.229 e. The van der Waals surface area contributed by atoms with E-state index >= 15 is 0 Å². The van der Waals surface area contributed by atoms with E-state index in [0.29, 0.717) is 12.5 Å². The van der Waals surface area contributed by atoms with Crippen LogP contribution in [0.4, 0.5) is 27.5 Å². The molecule has 0 aliphatic rings. The van der Waals surface area contributed by atoms with Gasteiger partial charge in [-0.2, -0.15) is 4.98 Å². The third-order valence-electron chi connectivity index (χ3n) is 5.23. The molecule has 1 aromatic heterocycles. The fraction of sp³-hybridized carbons (Fsp3) is 0.200. The SMILES string of the molecule is CCN(CC)c1ccc(Nc2nc(NCc3ccc(F)cc3)c3ccccc3n2)cc1. The van der Waals surface area contributed by atoms with Crippen LogP contribution >= 0.6 is 0 Å². The Morgan fingerprint density at radius 1 is 0.839 bits per heavy atom. The lowest BCUT2D eigenvalue weighted by Gasteiger charge is -2.21. The summed E-state index contributed by atoms with van der Waals surface area (Å²) in [6, 6.07) is 22.6. The summed E-state index contributed by atoms with van der Waals surface area (Å²) in [4.78, 5) is 11.7. The van der Waals surface area contributed by atoms with Gasteiger partial charge in [0.15, 0.2) is 0 Å². The molecular weight excluding hydrogens is 389 g/mol. The van der Waals surface area contributed by atoms with Crippen LogP contribution in [0.3, 0.4) is 0 Å². The zero-order valence-electron chi connectivity index (χ0n) is 17.8. The van der Waals surface area contributed by atoms with Crippen molar-refractivity contribution in [3.8, 4) is 0 Å². The highest BCUT2D eigenvalue weighted by Gasteiger charge is 2.09. The zero-order chi connectivity index (χ0) is 21.6. The topological polar surface area (TPSA) is 53.1 Å². The van der Waals surface area contributed by atoms with E-state index in [1.165, 1.54) is 17.8 Å². The van der Waals surface area contributed by atoms with Crippen LogP contribution in [-0.4, -0.2) is 23.1 Å². The van der Waals surface area contributed by atoms with Gasteiger partial charge in [0.2, 0.25) is 5.95 Å². The molecule has 0 atom stereocenters. The van der Waals surface area contributed by atoms with Gasteiger partial charge in [-0.3, -0.25) is 0 Å². The quantitative estimate of drug-likeness (QED) is 0.371. The van der Waals surface area contributed by atoms with Gasteiger partial charge in [0, 0.05) is 36.4 Å². The van der Waals surface area contributed by atoms with E-state index < -0.39 is 0 Å². The lowest BCUT2D eigenvalue weighted by molar-refractivity contribution is 0.627. The van der Waals surface area contributed by atoms with Gasteiger partial charge < -0.3 is 15.5 Å². The first kappa shape index (κ1) is 20.6. The Balaban J connectivity index is 1.57. The van der Waals surface area contributed by atoms with Gasteiger partial charge in [-0.25, -0.2) is 9.37 Å². The molecule has 0 saturated carbocycles. The van der Waals surface area contributed by atoms with Crippen LogP contribution in [0.5, 0.6) is 0 Å². The molecule has 0 bridgehead atoms. The third kappa shape index (κ3) is 4.91. The van der Waals surface area contributed by atoms with Crippen LogP contribution in [0.2, 0.25) is 0 Å². The standard InChI is InChI=1S/C25H26FN5/c1-3-31(4-2)21-15-13-20(14-16-21)28-25-29-23-8-6-5-7-22(23)24(30-25)27-17-18-9-11-19(26)12-10-18/h5-16H,3-4,17H2,1-2H3,(H2,27,28,29,30). The van der Waals surface area contributed by atoms with Crippen molar-refractivity contribution >= 4 is 34.0 Å².